The van der Waals surface area contributed by atoms with Gasteiger partial charge in [0.15, 0.2) is 12.4 Å². The molecule has 108 valence electrons. The lowest BCUT2D eigenvalue weighted by atomic mass is 9.84. The summed E-state index contributed by atoms with van der Waals surface area (Å²) in [6.07, 6.45) is 2.55. The van der Waals surface area contributed by atoms with Crippen LogP contribution in [0.1, 0.15) is 49.5 Å². The molecule has 0 atom stereocenters. The fourth-order valence-electron chi connectivity index (χ4n) is 2.96. The lowest BCUT2D eigenvalue weighted by Crippen LogP contribution is -2.21. The van der Waals surface area contributed by atoms with Gasteiger partial charge in [-0.05, 0) is 31.6 Å². The topological polar surface area (TPSA) is 35.0 Å². The van der Waals surface area contributed by atoms with Crippen molar-refractivity contribution in [1.29, 1.82) is 0 Å². The zero-order valence-electron chi connectivity index (χ0n) is 10.9. The van der Waals surface area contributed by atoms with Crippen molar-refractivity contribution >= 4 is 0 Å². The van der Waals surface area contributed by atoms with Crippen molar-refractivity contribution in [2.24, 2.45) is 5.92 Å². The first kappa shape index (κ1) is 12.4. The number of aromatic nitrogens is 2. The zero-order valence-corrected chi connectivity index (χ0v) is 10.9. The van der Waals surface area contributed by atoms with Crippen LogP contribution < -0.4 is 4.74 Å². The minimum Gasteiger partial charge on any atom is -0.481 e. The summed E-state index contributed by atoms with van der Waals surface area (Å²) < 4.78 is 41.8. The Morgan fingerprint density at radius 1 is 1.30 bits per heavy atom. The summed E-state index contributed by atoms with van der Waals surface area (Å²) in [4.78, 5) is 8.79. The molecular weight excluding hydrogens is 269 g/mol. The van der Waals surface area contributed by atoms with E-state index in [0.29, 0.717) is 11.8 Å². The van der Waals surface area contributed by atoms with Crippen LogP contribution in [0.4, 0.5) is 13.2 Å². The molecule has 0 aliphatic heterocycles. The number of nitrogens with zero attached hydrogens (tertiary/aromatic N) is 2. The van der Waals surface area contributed by atoms with Crippen molar-refractivity contribution < 1.29 is 17.9 Å². The summed E-state index contributed by atoms with van der Waals surface area (Å²) in [5.41, 5.74) is 0.756. The Balaban J connectivity index is 1.60. The molecule has 3 saturated carbocycles. The Hall–Kier alpha value is -1.33. The van der Waals surface area contributed by atoms with E-state index in [9.17, 15) is 13.2 Å². The van der Waals surface area contributed by atoms with Gasteiger partial charge in [0.2, 0.25) is 0 Å². The number of alkyl halides is 3. The standard InChI is InChI=1S/C14H15F3N2O/c15-14(16,17)7-20-10-6-18-12(8-2-1-3-8)19-11(10)13-4-9(13)5-13/h6,8-9H,1-5,7H2. The number of hydrogen-bond donors (Lipinski definition) is 0. The Bertz CT molecular complexity index is 548. The fraction of sp³-hybridized carbons (Fsp3) is 0.714. The Kier molecular flexibility index (Phi) is 2.40. The van der Waals surface area contributed by atoms with E-state index < -0.39 is 12.8 Å². The molecule has 20 heavy (non-hydrogen) atoms. The summed E-state index contributed by atoms with van der Waals surface area (Å²) in [5, 5.41) is 0. The third-order valence-electron chi connectivity index (χ3n) is 4.79. The van der Waals surface area contributed by atoms with Gasteiger partial charge in [0, 0.05) is 11.3 Å². The highest BCUT2D eigenvalue weighted by Crippen LogP contribution is 2.76. The SMILES string of the molecule is FC(F)(F)COc1cnc(C2CCC2)nc1C12CC1C2. The maximum absolute atomic E-state index is 12.3. The van der Waals surface area contributed by atoms with Crippen molar-refractivity contribution in [3.8, 4) is 5.75 Å². The largest absolute Gasteiger partial charge is 0.481 e. The molecule has 0 radical (unpaired) electrons. The fourth-order valence-corrected chi connectivity index (χ4v) is 2.96. The monoisotopic (exact) mass is 284 g/mol. The summed E-state index contributed by atoms with van der Waals surface area (Å²) >= 11 is 0. The van der Waals surface area contributed by atoms with Gasteiger partial charge in [-0.15, -0.1) is 0 Å². The first-order valence-corrected chi connectivity index (χ1v) is 7.05. The van der Waals surface area contributed by atoms with E-state index in [1.165, 1.54) is 12.6 Å². The van der Waals surface area contributed by atoms with Gasteiger partial charge in [-0.2, -0.15) is 13.2 Å². The van der Waals surface area contributed by atoms with Crippen molar-refractivity contribution in [1.82, 2.24) is 9.97 Å². The number of halogens is 3. The Morgan fingerprint density at radius 3 is 2.50 bits per heavy atom. The molecule has 0 saturated heterocycles. The molecule has 0 unspecified atom stereocenters. The zero-order chi connectivity index (χ0) is 14.0. The van der Waals surface area contributed by atoms with E-state index in [-0.39, 0.29) is 11.2 Å². The molecule has 3 nitrogen and oxygen atoms in total. The van der Waals surface area contributed by atoms with Gasteiger partial charge < -0.3 is 4.74 Å². The summed E-state index contributed by atoms with van der Waals surface area (Å²) in [7, 11) is 0. The molecule has 0 aromatic carbocycles. The van der Waals surface area contributed by atoms with E-state index in [4.69, 9.17) is 4.74 Å². The van der Waals surface area contributed by atoms with Crippen molar-refractivity contribution in [3.63, 3.8) is 0 Å². The van der Waals surface area contributed by atoms with Gasteiger partial charge in [0.25, 0.3) is 0 Å². The van der Waals surface area contributed by atoms with Gasteiger partial charge >= 0.3 is 6.18 Å². The minimum absolute atomic E-state index is 0.0301. The Labute approximate surface area is 114 Å². The second-order valence-electron chi connectivity index (χ2n) is 6.23. The van der Waals surface area contributed by atoms with Crippen LogP contribution in [0.2, 0.25) is 0 Å². The molecule has 1 aromatic rings. The molecule has 3 aliphatic rings. The second kappa shape index (κ2) is 3.86. The van der Waals surface area contributed by atoms with E-state index in [1.54, 1.807) is 0 Å². The average molecular weight is 284 g/mol. The van der Waals surface area contributed by atoms with Crippen LogP contribution >= 0.6 is 0 Å². The van der Waals surface area contributed by atoms with Crippen LogP contribution in [-0.2, 0) is 5.41 Å². The summed E-state index contributed by atoms with van der Waals surface area (Å²) in [6, 6.07) is 0. The molecule has 0 bridgehead atoms. The molecular formula is C14H15F3N2O. The molecule has 1 aromatic heterocycles. The smallest absolute Gasteiger partial charge is 0.422 e. The number of ether oxygens (including phenoxy) is 1. The van der Waals surface area contributed by atoms with Crippen LogP contribution in [-0.4, -0.2) is 22.8 Å². The van der Waals surface area contributed by atoms with Crippen LogP contribution in [0.5, 0.6) is 5.75 Å². The molecule has 0 amide bonds. The van der Waals surface area contributed by atoms with Gasteiger partial charge in [0.05, 0.1) is 11.9 Å². The van der Waals surface area contributed by atoms with E-state index in [0.717, 1.165) is 37.2 Å². The number of hydrogen-bond acceptors (Lipinski definition) is 3. The third-order valence-corrected chi connectivity index (χ3v) is 4.79. The normalized spacial score (nSPS) is 31.4. The van der Waals surface area contributed by atoms with Crippen LogP contribution in [0.25, 0.3) is 0 Å². The van der Waals surface area contributed by atoms with Gasteiger partial charge in [-0.1, -0.05) is 6.42 Å². The quantitative estimate of drug-likeness (QED) is 0.850. The lowest BCUT2D eigenvalue weighted by molar-refractivity contribution is -0.153. The first-order chi connectivity index (χ1) is 9.48. The lowest BCUT2D eigenvalue weighted by Gasteiger charge is -2.25. The molecule has 3 aliphatic carbocycles. The van der Waals surface area contributed by atoms with Gasteiger partial charge in [-0.25, -0.2) is 9.97 Å². The summed E-state index contributed by atoms with van der Waals surface area (Å²) in [6.45, 7) is -1.27. The van der Waals surface area contributed by atoms with Crippen LogP contribution in [0, 0.1) is 5.92 Å². The highest BCUT2D eigenvalue weighted by atomic mass is 19.4. The van der Waals surface area contributed by atoms with E-state index >= 15 is 0 Å². The number of fused-ring (bicyclic) bond motifs is 1. The molecule has 6 heteroatoms. The highest BCUT2D eigenvalue weighted by molar-refractivity contribution is 5.46. The van der Waals surface area contributed by atoms with E-state index in [2.05, 4.69) is 9.97 Å². The first-order valence-electron chi connectivity index (χ1n) is 7.05. The van der Waals surface area contributed by atoms with Crippen LogP contribution in [0.3, 0.4) is 0 Å². The third kappa shape index (κ3) is 1.96. The van der Waals surface area contributed by atoms with Crippen molar-refractivity contribution in [2.75, 3.05) is 6.61 Å². The van der Waals surface area contributed by atoms with Crippen LogP contribution in [0.15, 0.2) is 6.20 Å². The van der Waals surface area contributed by atoms with E-state index in [1.807, 2.05) is 0 Å². The summed E-state index contributed by atoms with van der Waals surface area (Å²) in [5.74, 6) is 2.01. The maximum atomic E-state index is 12.3. The molecule has 0 spiro atoms. The van der Waals surface area contributed by atoms with Gasteiger partial charge in [-0.3, -0.25) is 0 Å². The van der Waals surface area contributed by atoms with Crippen molar-refractivity contribution in [2.45, 2.75) is 49.6 Å². The predicted octanol–water partition coefficient (Wildman–Crippen LogP) is 3.35. The second-order valence-corrected chi connectivity index (χ2v) is 6.23. The average Bonchev–Trinajstić information content (AvgIpc) is 3.12. The van der Waals surface area contributed by atoms with Crippen molar-refractivity contribution in [3.05, 3.63) is 17.7 Å². The molecule has 0 N–H and O–H groups in total. The minimum atomic E-state index is -4.33. The highest BCUT2D eigenvalue weighted by Gasteiger charge is 2.72. The molecule has 1 heterocycles. The molecule has 4 rings (SSSR count). The van der Waals surface area contributed by atoms with Gasteiger partial charge in [0.1, 0.15) is 5.82 Å². The predicted molar refractivity (Wildman–Crippen MR) is 64.6 cm³/mol. The maximum Gasteiger partial charge on any atom is 0.422 e. The molecule has 3 fully saturated rings. The number of rotatable bonds is 4. The Morgan fingerprint density at radius 2 is 2.00 bits per heavy atom.